The van der Waals surface area contributed by atoms with Gasteiger partial charge in [-0.05, 0) is 70.6 Å². The molecule has 0 saturated heterocycles. The number of unbranched alkanes of at least 4 members (excludes halogenated alkanes) is 41. The van der Waals surface area contributed by atoms with Crippen LogP contribution in [0, 0.1) is 0 Å². The van der Waals surface area contributed by atoms with Crippen molar-refractivity contribution in [2.24, 2.45) is 0 Å². The van der Waals surface area contributed by atoms with Crippen LogP contribution in [0.2, 0.25) is 0 Å². The van der Waals surface area contributed by atoms with Crippen molar-refractivity contribution >= 4 is 5.91 Å². The summed E-state index contributed by atoms with van der Waals surface area (Å²) in [5.41, 5.74) is 0. The maximum absolute atomic E-state index is 12.6. The zero-order chi connectivity index (χ0) is 49.5. The van der Waals surface area contributed by atoms with E-state index < -0.39 is 36.9 Å². The van der Waals surface area contributed by atoms with Crippen molar-refractivity contribution in [3.05, 3.63) is 36.5 Å². The van der Waals surface area contributed by atoms with Gasteiger partial charge in [0.25, 0.3) is 0 Å². The Labute approximate surface area is 424 Å². The molecule has 402 valence electrons. The van der Waals surface area contributed by atoms with E-state index >= 15 is 0 Å². The van der Waals surface area contributed by atoms with Crippen molar-refractivity contribution in [1.82, 2.24) is 5.32 Å². The van der Waals surface area contributed by atoms with Crippen LogP contribution in [-0.4, -0.2) is 57.3 Å². The second-order valence-corrected chi connectivity index (χ2v) is 21.0. The first-order chi connectivity index (χ1) is 33.5. The Morgan fingerprint density at radius 1 is 0.368 bits per heavy atom. The molecule has 0 aromatic rings. The molecule has 0 aliphatic carbocycles. The first kappa shape index (κ1) is 66.5. The van der Waals surface area contributed by atoms with Crippen LogP contribution in [0.5, 0.6) is 0 Å². The normalized spacial score (nSPS) is 13.9. The van der Waals surface area contributed by atoms with Gasteiger partial charge in [0, 0.05) is 0 Å². The van der Waals surface area contributed by atoms with E-state index in [0.29, 0.717) is 12.8 Å². The fraction of sp³-hybridized carbons (Fsp3) is 0.887. The van der Waals surface area contributed by atoms with Crippen LogP contribution >= 0.6 is 0 Å². The minimum Gasteiger partial charge on any atom is -0.394 e. The molecule has 0 aliphatic heterocycles. The van der Waals surface area contributed by atoms with Crippen molar-refractivity contribution in [2.75, 3.05) is 6.61 Å². The SMILES string of the molecule is CCCCCCCCCCC/C=C\C/C=C\CCCCCCCCCCCCCCC(O)C(=O)NC(CO)C(O)C(O)CCC/C=C/CCCCCCCCCCCCCCCCCCCCC. The molecule has 0 fully saturated rings. The van der Waals surface area contributed by atoms with Gasteiger partial charge in [0.2, 0.25) is 5.91 Å². The Bertz CT molecular complexity index is 1080. The monoisotopic (exact) mass is 958 g/mol. The third kappa shape index (κ3) is 49.5. The van der Waals surface area contributed by atoms with Gasteiger partial charge < -0.3 is 25.7 Å². The third-order valence-electron chi connectivity index (χ3n) is 14.3. The molecule has 6 heteroatoms. The zero-order valence-electron chi connectivity index (χ0n) is 45.6. The largest absolute Gasteiger partial charge is 0.394 e. The first-order valence-electron chi connectivity index (χ1n) is 30.4. The molecule has 0 aromatic carbocycles. The van der Waals surface area contributed by atoms with Crippen LogP contribution in [0.3, 0.4) is 0 Å². The molecule has 0 aromatic heterocycles. The van der Waals surface area contributed by atoms with E-state index in [4.69, 9.17) is 0 Å². The Hall–Kier alpha value is -1.47. The highest BCUT2D eigenvalue weighted by Crippen LogP contribution is 2.18. The molecular formula is C62H119NO5. The molecule has 0 rings (SSSR count). The van der Waals surface area contributed by atoms with Crippen LogP contribution in [0.25, 0.3) is 0 Å². The van der Waals surface area contributed by atoms with Gasteiger partial charge in [-0.15, -0.1) is 0 Å². The summed E-state index contributed by atoms with van der Waals surface area (Å²) in [6.45, 7) is 4.08. The lowest BCUT2D eigenvalue weighted by Crippen LogP contribution is -2.53. The fourth-order valence-electron chi connectivity index (χ4n) is 9.56. The smallest absolute Gasteiger partial charge is 0.249 e. The molecular weight excluding hydrogens is 839 g/mol. The number of hydrogen-bond donors (Lipinski definition) is 5. The molecule has 0 bridgehead atoms. The summed E-state index contributed by atoms with van der Waals surface area (Å²) in [5.74, 6) is -0.591. The topological polar surface area (TPSA) is 110 Å². The van der Waals surface area contributed by atoms with Crippen LogP contribution in [0.1, 0.15) is 322 Å². The quantitative estimate of drug-likeness (QED) is 0.0308. The highest BCUT2D eigenvalue weighted by atomic mass is 16.3. The van der Waals surface area contributed by atoms with Crippen LogP contribution < -0.4 is 5.32 Å². The number of amides is 1. The van der Waals surface area contributed by atoms with Gasteiger partial charge in [-0.3, -0.25) is 4.79 Å². The van der Waals surface area contributed by atoms with Crippen LogP contribution in [0.4, 0.5) is 0 Å². The summed E-state index contributed by atoms with van der Waals surface area (Å²) in [6.07, 6.45) is 70.8. The lowest BCUT2D eigenvalue weighted by Gasteiger charge is -2.27. The predicted octanol–water partition coefficient (Wildman–Crippen LogP) is 18.0. The van der Waals surface area contributed by atoms with E-state index in [1.165, 1.54) is 250 Å². The number of rotatable bonds is 56. The van der Waals surface area contributed by atoms with E-state index in [2.05, 4.69) is 55.6 Å². The number of aliphatic hydroxyl groups is 4. The summed E-state index contributed by atoms with van der Waals surface area (Å²) in [7, 11) is 0. The van der Waals surface area contributed by atoms with Crippen molar-refractivity contribution in [1.29, 1.82) is 0 Å². The third-order valence-corrected chi connectivity index (χ3v) is 14.3. The lowest BCUT2D eigenvalue weighted by atomic mass is 10.00. The molecule has 0 aliphatic rings. The first-order valence-corrected chi connectivity index (χ1v) is 30.4. The van der Waals surface area contributed by atoms with Gasteiger partial charge in [0.15, 0.2) is 0 Å². The van der Waals surface area contributed by atoms with Crippen molar-refractivity contribution in [3.63, 3.8) is 0 Å². The predicted molar refractivity (Wildman–Crippen MR) is 297 cm³/mol. The van der Waals surface area contributed by atoms with Gasteiger partial charge in [-0.2, -0.15) is 0 Å². The maximum Gasteiger partial charge on any atom is 0.249 e. The van der Waals surface area contributed by atoms with E-state index in [9.17, 15) is 25.2 Å². The number of carbonyl (C=O) groups is 1. The number of carbonyl (C=O) groups excluding carboxylic acids is 1. The van der Waals surface area contributed by atoms with Crippen LogP contribution in [-0.2, 0) is 4.79 Å². The minimum absolute atomic E-state index is 0.362. The highest BCUT2D eigenvalue weighted by Gasteiger charge is 2.28. The molecule has 68 heavy (non-hydrogen) atoms. The summed E-state index contributed by atoms with van der Waals surface area (Å²) in [5, 5.41) is 44.1. The number of allylic oxidation sites excluding steroid dienone is 6. The van der Waals surface area contributed by atoms with E-state index in [1.54, 1.807) is 0 Å². The molecule has 0 radical (unpaired) electrons. The van der Waals surface area contributed by atoms with Crippen LogP contribution in [0.15, 0.2) is 36.5 Å². The maximum atomic E-state index is 12.6. The average molecular weight is 959 g/mol. The summed E-state index contributed by atoms with van der Waals surface area (Å²) < 4.78 is 0. The van der Waals surface area contributed by atoms with E-state index in [0.717, 1.165) is 44.9 Å². The summed E-state index contributed by atoms with van der Waals surface area (Å²) in [4.78, 5) is 12.6. The van der Waals surface area contributed by atoms with Crippen molar-refractivity contribution in [3.8, 4) is 0 Å². The van der Waals surface area contributed by atoms with E-state index in [1.807, 2.05) is 0 Å². The lowest BCUT2D eigenvalue weighted by molar-refractivity contribution is -0.132. The second-order valence-electron chi connectivity index (χ2n) is 21.0. The Morgan fingerprint density at radius 2 is 0.647 bits per heavy atom. The van der Waals surface area contributed by atoms with Gasteiger partial charge in [0.1, 0.15) is 12.2 Å². The molecule has 0 saturated carbocycles. The number of nitrogens with one attached hydrogen (secondary N) is 1. The molecule has 6 nitrogen and oxygen atoms in total. The highest BCUT2D eigenvalue weighted by molar-refractivity contribution is 5.80. The molecule has 5 N–H and O–H groups in total. The van der Waals surface area contributed by atoms with Gasteiger partial charge in [0.05, 0.1) is 18.8 Å². The average Bonchev–Trinajstić information content (AvgIpc) is 3.34. The van der Waals surface area contributed by atoms with Gasteiger partial charge in [-0.1, -0.05) is 288 Å². The summed E-state index contributed by atoms with van der Waals surface area (Å²) in [6, 6.07) is -1.00. The van der Waals surface area contributed by atoms with Crippen molar-refractivity contribution < 1.29 is 25.2 Å². The minimum atomic E-state index is -1.28. The Balaban J connectivity index is 3.64. The fourth-order valence-corrected chi connectivity index (χ4v) is 9.56. The van der Waals surface area contributed by atoms with E-state index in [-0.39, 0.29) is 0 Å². The number of aliphatic hydroxyl groups excluding tert-OH is 4. The molecule has 0 heterocycles. The Morgan fingerprint density at radius 3 is 0.971 bits per heavy atom. The molecule has 0 spiro atoms. The van der Waals surface area contributed by atoms with Crippen molar-refractivity contribution in [2.45, 2.75) is 346 Å². The standard InChI is InChI=1S/C62H119NO5/c1-3-5-7-9-11-13-15-17-19-21-23-25-27-29-30-31-32-34-36-38-40-42-44-46-48-50-52-54-56-60(66)62(68)63-58(57-64)61(67)59(65)55-53-51-49-47-45-43-41-39-37-35-33-28-26-24-22-20-18-16-14-12-10-8-6-4-2/h23,25,29-30,47,49,58-61,64-67H,3-22,24,26-28,31-46,48,50-57H2,1-2H3,(H,63,68)/b25-23-,30-29-,49-47+. The van der Waals surface area contributed by atoms with Gasteiger partial charge >= 0.3 is 0 Å². The molecule has 1 amide bonds. The number of hydrogen-bond acceptors (Lipinski definition) is 5. The Kier molecular flexibility index (Phi) is 55.2. The molecule has 4 unspecified atom stereocenters. The second kappa shape index (κ2) is 56.4. The zero-order valence-corrected chi connectivity index (χ0v) is 45.6. The van der Waals surface area contributed by atoms with Gasteiger partial charge in [-0.25, -0.2) is 0 Å². The molecule has 4 atom stereocenters. The summed E-state index contributed by atoms with van der Waals surface area (Å²) >= 11 is 0.